The van der Waals surface area contributed by atoms with Crippen LogP contribution in [0.15, 0.2) is 41.3 Å². The van der Waals surface area contributed by atoms with Crippen molar-refractivity contribution in [2.75, 3.05) is 13.1 Å². The molecule has 1 saturated heterocycles. The Bertz CT molecular complexity index is 1010. The second kappa shape index (κ2) is 8.05. The SMILES string of the molecule is CCn1c(C)c(C2CCN(Sc3ccc(Cl)cc3F)CC2)c2cc(F)ccc21. The van der Waals surface area contributed by atoms with E-state index in [4.69, 9.17) is 11.6 Å². The van der Waals surface area contributed by atoms with Gasteiger partial charge in [0.05, 0.1) is 4.90 Å². The molecule has 148 valence electrons. The van der Waals surface area contributed by atoms with Crippen LogP contribution >= 0.6 is 23.5 Å². The van der Waals surface area contributed by atoms with Gasteiger partial charge in [0.2, 0.25) is 0 Å². The highest BCUT2D eigenvalue weighted by molar-refractivity contribution is 7.97. The maximum absolute atomic E-state index is 14.1. The number of aryl methyl sites for hydroxylation is 1. The third-order valence-electron chi connectivity index (χ3n) is 5.63. The second-order valence-electron chi connectivity index (χ2n) is 7.27. The molecule has 0 N–H and O–H groups in total. The van der Waals surface area contributed by atoms with Gasteiger partial charge in [-0.2, -0.15) is 0 Å². The predicted octanol–water partition coefficient (Wildman–Crippen LogP) is 6.79. The minimum atomic E-state index is -0.281. The van der Waals surface area contributed by atoms with E-state index in [0.29, 0.717) is 15.8 Å². The molecule has 28 heavy (non-hydrogen) atoms. The molecule has 6 heteroatoms. The van der Waals surface area contributed by atoms with Crippen molar-refractivity contribution in [1.29, 1.82) is 0 Å². The van der Waals surface area contributed by atoms with Crippen molar-refractivity contribution < 1.29 is 8.78 Å². The van der Waals surface area contributed by atoms with Crippen LogP contribution in [-0.4, -0.2) is 22.0 Å². The van der Waals surface area contributed by atoms with Gasteiger partial charge in [-0.05, 0) is 86.5 Å². The van der Waals surface area contributed by atoms with E-state index in [2.05, 4.69) is 22.7 Å². The van der Waals surface area contributed by atoms with Crippen molar-refractivity contribution in [1.82, 2.24) is 8.87 Å². The maximum Gasteiger partial charge on any atom is 0.139 e. The molecule has 0 aliphatic carbocycles. The van der Waals surface area contributed by atoms with E-state index in [1.807, 2.05) is 6.07 Å². The molecule has 3 aromatic rings. The zero-order valence-electron chi connectivity index (χ0n) is 16.0. The number of piperidine rings is 1. The van der Waals surface area contributed by atoms with Crippen LogP contribution in [0.4, 0.5) is 8.78 Å². The lowest BCUT2D eigenvalue weighted by atomic mass is 9.88. The fourth-order valence-electron chi connectivity index (χ4n) is 4.33. The molecule has 0 atom stereocenters. The standard InChI is InChI=1S/C22H23ClF2N2S/c1-3-27-14(2)22(18-13-17(24)5-6-20(18)27)15-8-10-26(11-9-15)28-21-7-4-16(23)12-19(21)25/h4-7,12-13,15H,3,8-11H2,1-2H3. The highest BCUT2D eigenvalue weighted by Gasteiger charge is 2.27. The highest BCUT2D eigenvalue weighted by Crippen LogP contribution is 2.40. The number of fused-ring (bicyclic) bond motifs is 1. The van der Waals surface area contributed by atoms with Crippen LogP contribution in [0.25, 0.3) is 10.9 Å². The van der Waals surface area contributed by atoms with Crippen molar-refractivity contribution in [3.05, 3.63) is 64.3 Å². The summed E-state index contributed by atoms with van der Waals surface area (Å²) in [7, 11) is 0. The van der Waals surface area contributed by atoms with Crippen LogP contribution in [0.5, 0.6) is 0 Å². The number of nitrogens with zero attached hydrogens (tertiary/aromatic N) is 2. The number of hydrogen-bond acceptors (Lipinski definition) is 2. The predicted molar refractivity (Wildman–Crippen MR) is 113 cm³/mol. The minimum Gasteiger partial charge on any atom is -0.345 e. The van der Waals surface area contributed by atoms with E-state index in [-0.39, 0.29) is 11.6 Å². The van der Waals surface area contributed by atoms with E-state index in [1.165, 1.54) is 35.3 Å². The molecule has 4 rings (SSSR count). The van der Waals surface area contributed by atoms with Crippen molar-refractivity contribution in [2.24, 2.45) is 0 Å². The van der Waals surface area contributed by atoms with Crippen molar-refractivity contribution in [3.63, 3.8) is 0 Å². The summed E-state index contributed by atoms with van der Waals surface area (Å²) in [6, 6.07) is 9.91. The molecule has 1 aromatic heterocycles. The Morgan fingerprint density at radius 1 is 1.11 bits per heavy atom. The fraction of sp³-hybridized carbons (Fsp3) is 0.364. The largest absolute Gasteiger partial charge is 0.345 e. The monoisotopic (exact) mass is 420 g/mol. The van der Waals surface area contributed by atoms with Crippen LogP contribution in [0.3, 0.4) is 0 Å². The molecule has 0 unspecified atom stereocenters. The Hall–Kier alpha value is -1.56. The van der Waals surface area contributed by atoms with Crippen LogP contribution in [0.1, 0.15) is 36.9 Å². The minimum absolute atomic E-state index is 0.187. The summed E-state index contributed by atoms with van der Waals surface area (Å²) in [6.45, 7) is 6.87. The van der Waals surface area contributed by atoms with Gasteiger partial charge >= 0.3 is 0 Å². The smallest absolute Gasteiger partial charge is 0.139 e. The van der Waals surface area contributed by atoms with Gasteiger partial charge < -0.3 is 4.57 Å². The van der Waals surface area contributed by atoms with Crippen molar-refractivity contribution in [2.45, 2.75) is 44.0 Å². The lowest BCUT2D eigenvalue weighted by molar-refractivity contribution is 0.345. The van der Waals surface area contributed by atoms with Gasteiger partial charge in [-0.25, -0.2) is 13.1 Å². The molecule has 0 bridgehead atoms. The maximum atomic E-state index is 14.1. The number of rotatable bonds is 4. The molecule has 0 saturated carbocycles. The van der Waals surface area contributed by atoms with E-state index >= 15 is 0 Å². The molecule has 1 aliphatic rings. The van der Waals surface area contributed by atoms with E-state index in [9.17, 15) is 8.78 Å². The van der Waals surface area contributed by atoms with Gasteiger partial charge in [-0.1, -0.05) is 11.6 Å². The summed E-state index contributed by atoms with van der Waals surface area (Å²) in [4.78, 5) is 0.601. The first-order valence-electron chi connectivity index (χ1n) is 9.64. The molecule has 2 heterocycles. The van der Waals surface area contributed by atoms with Crippen LogP contribution < -0.4 is 0 Å². The Labute approximate surface area is 173 Å². The van der Waals surface area contributed by atoms with Crippen molar-refractivity contribution in [3.8, 4) is 0 Å². The summed E-state index contributed by atoms with van der Waals surface area (Å²) >= 11 is 7.29. The van der Waals surface area contributed by atoms with E-state index in [1.54, 1.807) is 18.2 Å². The molecule has 0 amide bonds. The first kappa shape index (κ1) is 19.7. The summed E-state index contributed by atoms with van der Waals surface area (Å²) in [5, 5.41) is 1.45. The zero-order valence-corrected chi connectivity index (χ0v) is 17.6. The molecule has 0 radical (unpaired) electrons. The molecule has 2 aromatic carbocycles. The molecule has 1 fully saturated rings. The van der Waals surface area contributed by atoms with Crippen LogP contribution in [-0.2, 0) is 6.54 Å². The average Bonchev–Trinajstić information content (AvgIpc) is 2.95. The van der Waals surface area contributed by atoms with Crippen LogP contribution in [0, 0.1) is 18.6 Å². The molecular formula is C22H23ClF2N2S. The summed E-state index contributed by atoms with van der Waals surface area (Å²) < 4.78 is 32.5. The summed E-state index contributed by atoms with van der Waals surface area (Å²) in [5.74, 6) is -0.0748. The van der Waals surface area contributed by atoms with E-state index < -0.39 is 0 Å². The number of aromatic nitrogens is 1. The van der Waals surface area contributed by atoms with Gasteiger partial charge in [-0.3, -0.25) is 0 Å². The quantitative estimate of drug-likeness (QED) is 0.429. The Morgan fingerprint density at radius 2 is 1.86 bits per heavy atom. The number of halogens is 3. The Morgan fingerprint density at radius 3 is 2.54 bits per heavy atom. The fourth-order valence-corrected chi connectivity index (χ4v) is 5.43. The van der Waals surface area contributed by atoms with Gasteiger partial charge in [0.15, 0.2) is 0 Å². The normalized spacial score (nSPS) is 16.2. The topological polar surface area (TPSA) is 8.17 Å². The third-order valence-corrected chi connectivity index (χ3v) is 7.02. The lowest BCUT2D eigenvalue weighted by Crippen LogP contribution is -2.27. The Balaban J connectivity index is 1.54. The molecule has 2 nitrogen and oxygen atoms in total. The first-order chi connectivity index (χ1) is 13.5. The van der Waals surface area contributed by atoms with Crippen molar-refractivity contribution >= 4 is 34.5 Å². The van der Waals surface area contributed by atoms with Gasteiger partial charge in [0, 0.05) is 41.3 Å². The molecule has 1 aliphatic heterocycles. The Kier molecular flexibility index (Phi) is 5.68. The zero-order chi connectivity index (χ0) is 19.8. The molecular weight excluding hydrogens is 398 g/mol. The van der Waals surface area contributed by atoms with E-state index in [0.717, 1.165) is 43.4 Å². The second-order valence-corrected chi connectivity index (χ2v) is 8.85. The number of benzene rings is 2. The third kappa shape index (κ3) is 3.68. The van der Waals surface area contributed by atoms with Crippen LogP contribution in [0.2, 0.25) is 5.02 Å². The summed E-state index contributed by atoms with van der Waals surface area (Å²) in [6.07, 6.45) is 1.95. The van der Waals surface area contributed by atoms with Gasteiger partial charge in [-0.15, -0.1) is 0 Å². The van der Waals surface area contributed by atoms with Gasteiger partial charge in [0.1, 0.15) is 11.6 Å². The van der Waals surface area contributed by atoms with Gasteiger partial charge in [0.25, 0.3) is 0 Å². The lowest BCUT2D eigenvalue weighted by Gasteiger charge is -2.31. The average molecular weight is 421 g/mol. The number of hydrogen-bond donors (Lipinski definition) is 0. The molecule has 0 spiro atoms. The first-order valence-corrected chi connectivity index (χ1v) is 10.8. The highest BCUT2D eigenvalue weighted by atomic mass is 35.5. The summed E-state index contributed by atoms with van der Waals surface area (Å²) in [5.41, 5.74) is 3.62.